The lowest BCUT2D eigenvalue weighted by molar-refractivity contribution is -0.129. The van der Waals surface area contributed by atoms with E-state index >= 15 is 0 Å². The van der Waals surface area contributed by atoms with Gasteiger partial charge in [-0.25, -0.2) is 9.18 Å². The predicted octanol–water partition coefficient (Wildman–Crippen LogP) is 2.58. The van der Waals surface area contributed by atoms with Gasteiger partial charge in [-0.1, -0.05) is 12.1 Å². The Morgan fingerprint density at radius 3 is 2.38 bits per heavy atom. The zero-order chi connectivity index (χ0) is 21.2. The molecule has 2 aromatic rings. The number of nitrogens with one attached hydrogen (secondary N) is 2. The minimum atomic E-state index is -0.995. The molecule has 29 heavy (non-hydrogen) atoms. The summed E-state index contributed by atoms with van der Waals surface area (Å²) in [6.45, 7) is 1.78. The van der Waals surface area contributed by atoms with Crippen molar-refractivity contribution in [2.75, 3.05) is 11.9 Å². The van der Waals surface area contributed by atoms with Gasteiger partial charge in [0, 0.05) is 12.2 Å². The van der Waals surface area contributed by atoms with Crippen LogP contribution in [0.25, 0.3) is 0 Å². The molecule has 2 N–H and O–H groups in total. The van der Waals surface area contributed by atoms with E-state index in [-0.39, 0.29) is 17.8 Å². The highest BCUT2D eigenvalue weighted by atomic mass is 19.1. The van der Waals surface area contributed by atoms with Crippen LogP contribution in [0.4, 0.5) is 10.1 Å². The van der Waals surface area contributed by atoms with E-state index in [1.54, 1.807) is 18.2 Å². The maximum Gasteiger partial charge on any atom is 0.338 e. The monoisotopic (exact) mass is 397 g/mol. The van der Waals surface area contributed by atoms with Crippen LogP contribution >= 0.6 is 0 Å². The van der Waals surface area contributed by atoms with Crippen molar-refractivity contribution < 1.29 is 23.5 Å². The van der Waals surface area contributed by atoms with Gasteiger partial charge in [-0.15, -0.1) is 0 Å². The first-order valence-electron chi connectivity index (χ1n) is 8.89. The number of amides is 2. The lowest BCUT2D eigenvalue weighted by Crippen LogP contribution is -2.36. The maximum absolute atomic E-state index is 12.9. The quantitative estimate of drug-likeness (QED) is 0.666. The number of anilines is 1. The number of nitrogens with zero attached hydrogens (tertiary/aromatic N) is 1. The Hall–Kier alpha value is -3.73. The standard InChI is InChI=1S/C21H20FN3O4/c1-14(20(27)24-13-11-15-2-6-17(22)7-3-15)29-21(28)16-4-8-18(9-5-16)25-19(26)10-12-23/h2-9,14H,10-11,13H2,1H3,(H,24,27)(H,25,26)/t14-/m1/s1. The summed E-state index contributed by atoms with van der Waals surface area (Å²) < 4.78 is 18.0. The summed E-state index contributed by atoms with van der Waals surface area (Å²) >= 11 is 0. The van der Waals surface area contributed by atoms with Crippen molar-refractivity contribution in [1.82, 2.24) is 5.32 Å². The van der Waals surface area contributed by atoms with Gasteiger partial charge in [0.2, 0.25) is 5.91 Å². The minimum Gasteiger partial charge on any atom is -0.449 e. The third-order valence-electron chi connectivity index (χ3n) is 3.92. The fourth-order valence-corrected chi connectivity index (χ4v) is 2.37. The van der Waals surface area contributed by atoms with Crippen molar-refractivity contribution in [3.8, 4) is 6.07 Å². The Labute approximate surface area is 167 Å². The number of hydrogen-bond donors (Lipinski definition) is 2. The summed E-state index contributed by atoms with van der Waals surface area (Å²) in [6, 6.07) is 13.6. The number of carbonyl (C=O) groups excluding carboxylic acids is 3. The number of carbonyl (C=O) groups is 3. The largest absolute Gasteiger partial charge is 0.449 e. The van der Waals surface area contributed by atoms with Crippen LogP contribution in [0, 0.1) is 17.1 Å². The van der Waals surface area contributed by atoms with Crippen molar-refractivity contribution in [3.63, 3.8) is 0 Å². The summed E-state index contributed by atoms with van der Waals surface area (Å²) in [4.78, 5) is 35.6. The van der Waals surface area contributed by atoms with Crippen LogP contribution in [0.5, 0.6) is 0 Å². The van der Waals surface area contributed by atoms with Gasteiger partial charge in [0.05, 0.1) is 11.6 Å². The summed E-state index contributed by atoms with van der Waals surface area (Å²) in [5.74, 6) is -1.90. The molecule has 0 fully saturated rings. The molecule has 0 unspecified atom stereocenters. The average molecular weight is 397 g/mol. The van der Waals surface area contributed by atoms with E-state index in [9.17, 15) is 18.8 Å². The highest BCUT2D eigenvalue weighted by Gasteiger charge is 2.18. The number of benzene rings is 2. The van der Waals surface area contributed by atoms with Gasteiger partial charge in [-0.3, -0.25) is 9.59 Å². The topological polar surface area (TPSA) is 108 Å². The number of nitriles is 1. The summed E-state index contributed by atoms with van der Waals surface area (Å²) in [5.41, 5.74) is 1.53. The molecule has 1 atom stereocenters. The van der Waals surface area contributed by atoms with E-state index in [1.165, 1.54) is 43.3 Å². The maximum atomic E-state index is 12.9. The second-order valence-corrected chi connectivity index (χ2v) is 6.18. The average Bonchev–Trinajstić information content (AvgIpc) is 2.70. The van der Waals surface area contributed by atoms with Crippen molar-refractivity contribution in [3.05, 3.63) is 65.5 Å². The van der Waals surface area contributed by atoms with Crippen molar-refractivity contribution >= 4 is 23.5 Å². The third kappa shape index (κ3) is 7.07. The minimum absolute atomic E-state index is 0.217. The molecule has 0 aliphatic rings. The fraction of sp³-hybridized carbons (Fsp3) is 0.238. The van der Waals surface area contributed by atoms with Gasteiger partial charge in [0.25, 0.3) is 5.91 Å². The highest BCUT2D eigenvalue weighted by molar-refractivity contribution is 5.94. The van der Waals surface area contributed by atoms with Crippen LogP contribution in [0.15, 0.2) is 48.5 Å². The molecule has 2 amide bonds. The Balaban J connectivity index is 1.79. The number of esters is 1. The fourth-order valence-electron chi connectivity index (χ4n) is 2.37. The van der Waals surface area contributed by atoms with Gasteiger partial charge in [0.15, 0.2) is 6.10 Å². The van der Waals surface area contributed by atoms with Crippen LogP contribution in [0.2, 0.25) is 0 Å². The van der Waals surface area contributed by atoms with Gasteiger partial charge in [0.1, 0.15) is 12.2 Å². The molecule has 0 bridgehead atoms. The van der Waals surface area contributed by atoms with Crippen molar-refractivity contribution in [2.45, 2.75) is 25.9 Å². The van der Waals surface area contributed by atoms with Crippen LogP contribution in [-0.2, 0) is 20.7 Å². The van der Waals surface area contributed by atoms with Crippen LogP contribution in [0.3, 0.4) is 0 Å². The van der Waals surface area contributed by atoms with Crippen LogP contribution < -0.4 is 10.6 Å². The third-order valence-corrected chi connectivity index (χ3v) is 3.92. The molecule has 8 heteroatoms. The number of ether oxygens (including phenoxy) is 1. The first-order valence-corrected chi connectivity index (χ1v) is 8.89. The Bertz CT molecular complexity index is 905. The van der Waals surface area contributed by atoms with Gasteiger partial charge in [-0.05, 0) is 55.3 Å². The molecule has 0 radical (unpaired) electrons. The van der Waals surface area contributed by atoms with Gasteiger partial charge >= 0.3 is 5.97 Å². The summed E-state index contributed by atoms with van der Waals surface area (Å²) in [5, 5.41) is 13.6. The lowest BCUT2D eigenvalue weighted by atomic mass is 10.1. The number of halogens is 1. The second-order valence-electron chi connectivity index (χ2n) is 6.18. The smallest absolute Gasteiger partial charge is 0.338 e. The molecule has 0 saturated carbocycles. The Kier molecular flexibility index (Phi) is 7.86. The number of hydrogen-bond acceptors (Lipinski definition) is 5. The molecule has 0 heterocycles. The molecule has 0 aliphatic carbocycles. The molecule has 150 valence electrons. The second kappa shape index (κ2) is 10.6. The lowest BCUT2D eigenvalue weighted by Gasteiger charge is -2.14. The molecule has 7 nitrogen and oxygen atoms in total. The first-order chi connectivity index (χ1) is 13.9. The molecule has 0 aromatic heterocycles. The van der Waals surface area contributed by atoms with E-state index in [0.717, 1.165) is 5.56 Å². The zero-order valence-electron chi connectivity index (χ0n) is 15.8. The van der Waals surface area contributed by atoms with E-state index in [4.69, 9.17) is 10.00 Å². The predicted molar refractivity (Wildman–Crippen MR) is 103 cm³/mol. The molecule has 0 spiro atoms. The van der Waals surface area contributed by atoms with E-state index in [2.05, 4.69) is 10.6 Å². The Morgan fingerprint density at radius 1 is 1.10 bits per heavy atom. The van der Waals surface area contributed by atoms with Crippen molar-refractivity contribution in [2.24, 2.45) is 0 Å². The Morgan fingerprint density at radius 2 is 1.76 bits per heavy atom. The van der Waals surface area contributed by atoms with Gasteiger partial charge < -0.3 is 15.4 Å². The normalized spacial score (nSPS) is 11.1. The molecular weight excluding hydrogens is 377 g/mol. The van der Waals surface area contributed by atoms with E-state index in [1.807, 2.05) is 0 Å². The summed E-state index contributed by atoms with van der Waals surface area (Å²) in [7, 11) is 0. The zero-order valence-corrected chi connectivity index (χ0v) is 15.8. The number of rotatable bonds is 8. The molecular formula is C21H20FN3O4. The highest BCUT2D eigenvalue weighted by Crippen LogP contribution is 2.12. The van der Waals surface area contributed by atoms with Crippen LogP contribution in [0.1, 0.15) is 29.3 Å². The SMILES string of the molecule is C[C@@H](OC(=O)c1ccc(NC(=O)CC#N)cc1)C(=O)NCCc1ccc(F)cc1. The molecule has 2 aromatic carbocycles. The van der Waals surface area contributed by atoms with Crippen LogP contribution in [-0.4, -0.2) is 30.4 Å². The molecule has 0 aliphatic heterocycles. The van der Waals surface area contributed by atoms with E-state index < -0.39 is 23.9 Å². The van der Waals surface area contributed by atoms with Gasteiger partial charge in [-0.2, -0.15) is 5.26 Å². The van der Waals surface area contributed by atoms with E-state index in [0.29, 0.717) is 18.7 Å². The van der Waals surface area contributed by atoms with Crippen molar-refractivity contribution in [1.29, 1.82) is 5.26 Å². The molecule has 2 rings (SSSR count). The molecule has 0 saturated heterocycles. The summed E-state index contributed by atoms with van der Waals surface area (Å²) in [6.07, 6.45) is -0.741. The first kappa shape index (κ1) is 21.6.